The molecule has 0 bridgehead atoms. The van der Waals surface area contributed by atoms with E-state index >= 15 is 0 Å². The lowest BCUT2D eigenvalue weighted by Crippen LogP contribution is -2.18. The van der Waals surface area contributed by atoms with E-state index in [1.165, 1.54) is 0 Å². The maximum Gasteiger partial charge on any atom is 0.229 e. The van der Waals surface area contributed by atoms with E-state index in [9.17, 15) is 0 Å². The highest BCUT2D eigenvalue weighted by Gasteiger charge is 2.31. The first-order valence-electron chi connectivity index (χ1n) is 6.90. The highest BCUT2D eigenvalue weighted by atomic mass is 35.5. The van der Waals surface area contributed by atoms with Gasteiger partial charge in [-0.2, -0.15) is 4.98 Å². The standard InChI is InChI=1S/C14H14ClN3O3/c15-9-5-8(6-10-12(9)20-4-3-19-10)11(16)13-17-14(21-18-13)7-1-2-7/h5-7,11H,1-4,16H2. The van der Waals surface area contributed by atoms with Gasteiger partial charge in [0, 0.05) is 5.92 Å². The average Bonchev–Trinajstić information content (AvgIpc) is 3.24. The van der Waals surface area contributed by atoms with E-state index in [1.54, 1.807) is 6.07 Å². The minimum absolute atomic E-state index is 0.405. The normalized spacial score (nSPS) is 18.6. The fourth-order valence-corrected chi connectivity index (χ4v) is 2.60. The number of nitrogens with two attached hydrogens (primary N) is 1. The number of aromatic nitrogens is 2. The largest absolute Gasteiger partial charge is 0.486 e. The highest BCUT2D eigenvalue weighted by molar-refractivity contribution is 6.32. The topological polar surface area (TPSA) is 83.4 Å². The molecular weight excluding hydrogens is 294 g/mol. The zero-order valence-electron chi connectivity index (χ0n) is 11.2. The molecule has 1 aliphatic heterocycles. The molecule has 0 amide bonds. The zero-order chi connectivity index (χ0) is 14.4. The number of rotatable bonds is 3. The number of halogens is 1. The maximum atomic E-state index is 6.22. The van der Waals surface area contributed by atoms with Crippen LogP contribution in [0.5, 0.6) is 11.5 Å². The number of benzene rings is 1. The first-order chi connectivity index (χ1) is 10.2. The molecule has 21 heavy (non-hydrogen) atoms. The summed E-state index contributed by atoms with van der Waals surface area (Å²) >= 11 is 6.22. The van der Waals surface area contributed by atoms with Crippen molar-refractivity contribution in [2.45, 2.75) is 24.8 Å². The van der Waals surface area contributed by atoms with Crippen molar-refractivity contribution in [2.24, 2.45) is 5.73 Å². The average molecular weight is 308 g/mol. The van der Waals surface area contributed by atoms with Crippen LogP contribution in [0.4, 0.5) is 0 Å². The molecule has 6 nitrogen and oxygen atoms in total. The summed E-state index contributed by atoms with van der Waals surface area (Å²) in [6, 6.07) is 3.07. The van der Waals surface area contributed by atoms with Crippen molar-refractivity contribution in [3.05, 3.63) is 34.4 Å². The summed E-state index contributed by atoms with van der Waals surface area (Å²) in [6.07, 6.45) is 2.21. The Hall–Kier alpha value is -1.79. The van der Waals surface area contributed by atoms with E-state index in [-0.39, 0.29) is 0 Å². The molecular formula is C14H14ClN3O3. The van der Waals surface area contributed by atoms with Crippen molar-refractivity contribution in [3.63, 3.8) is 0 Å². The van der Waals surface area contributed by atoms with E-state index in [0.29, 0.717) is 47.4 Å². The van der Waals surface area contributed by atoms with Crippen LogP contribution < -0.4 is 15.2 Å². The van der Waals surface area contributed by atoms with Crippen LogP contribution in [0.3, 0.4) is 0 Å². The monoisotopic (exact) mass is 307 g/mol. The molecule has 1 saturated carbocycles. The lowest BCUT2D eigenvalue weighted by atomic mass is 10.1. The Balaban J connectivity index is 1.66. The summed E-state index contributed by atoms with van der Waals surface area (Å²) < 4.78 is 16.3. The Morgan fingerprint density at radius 1 is 1.24 bits per heavy atom. The molecule has 0 spiro atoms. The smallest absolute Gasteiger partial charge is 0.229 e. The van der Waals surface area contributed by atoms with Crippen molar-refractivity contribution in [2.75, 3.05) is 13.2 Å². The van der Waals surface area contributed by atoms with E-state index in [0.717, 1.165) is 18.4 Å². The van der Waals surface area contributed by atoms with Crippen LogP contribution in [0.1, 0.15) is 42.1 Å². The molecule has 2 aliphatic rings. The summed E-state index contributed by atoms with van der Waals surface area (Å²) in [5.74, 6) is 2.70. The van der Waals surface area contributed by atoms with Gasteiger partial charge in [-0.05, 0) is 30.5 Å². The summed E-state index contributed by atoms with van der Waals surface area (Å²) in [5, 5.41) is 4.44. The van der Waals surface area contributed by atoms with Crippen LogP contribution in [0, 0.1) is 0 Å². The summed E-state index contributed by atoms with van der Waals surface area (Å²) in [6.45, 7) is 0.990. The SMILES string of the molecule is NC(c1cc(Cl)c2c(c1)OCCO2)c1noc(C2CC2)n1. The summed E-state index contributed by atoms with van der Waals surface area (Å²) in [4.78, 5) is 4.37. The predicted octanol–water partition coefficient (Wildman–Crippen LogP) is 2.42. The van der Waals surface area contributed by atoms with Gasteiger partial charge in [0.1, 0.15) is 13.2 Å². The van der Waals surface area contributed by atoms with Crippen LogP contribution in [-0.4, -0.2) is 23.4 Å². The minimum atomic E-state index is -0.505. The molecule has 1 unspecified atom stereocenters. The van der Waals surface area contributed by atoms with Crippen LogP contribution >= 0.6 is 11.6 Å². The predicted molar refractivity (Wildman–Crippen MR) is 74.7 cm³/mol. The molecule has 7 heteroatoms. The van der Waals surface area contributed by atoms with Gasteiger partial charge in [0.05, 0.1) is 11.1 Å². The fourth-order valence-electron chi connectivity index (χ4n) is 2.33. The van der Waals surface area contributed by atoms with Crippen LogP contribution in [-0.2, 0) is 0 Å². The van der Waals surface area contributed by atoms with Gasteiger partial charge in [-0.15, -0.1) is 0 Å². The first kappa shape index (κ1) is 12.9. The van der Waals surface area contributed by atoms with Crippen molar-refractivity contribution in [1.29, 1.82) is 0 Å². The van der Waals surface area contributed by atoms with Gasteiger partial charge < -0.3 is 19.7 Å². The Kier molecular flexibility index (Phi) is 3.01. The Bertz CT molecular complexity index is 684. The molecule has 2 aromatic rings. The highest BCUT2D eigenvalue weighted by Crippen LogP contribution is 2.41. The van der Waals surface area contributed by atoms with Crippen molar-refractivity contribution in [3.8, 4) is 11.5 Å². The van der Waals surface area contributed by atoms with Gasteiger partial charge in [-0.3, -0.25) is 0 Å². The van der Waals surface area contributed by atoms with E-state index in [1.807, 2.05) is 6.07 Å². The third-order valence-corrected chi connectivity index (χ3v) is 3.92. The minimum Gasteiger partial charge on any atom is -0.486 e. The van der Waals surface area contributed by atoms with E-state index in [4.69, 9.17) is 31.3 Å². The number of ether oxygens (including phenoxy) is 2. The third-order valence-electron chi connectivity index (χ3n) is 3.64. The lowest BCUT2D eigenvalue weighted by molar-refractivity contribution is 0.171. The molecule has 1 aliphatic carbocycles. The molecule has 0 saturated heterocycles. The van der Waals surface area contributed by atoms with Gasteiger partial charge in [0.25, 0.3) is 0 Å². The summed E-state index contributed by atoms with van der Waals surface area (Å²) in [5.41, 5.74) is 6.98. The van der Waals surface area contributed by atoms with Gasteiger partial charge in [-0.1, -0.05) is 16.8 Å². The molecule has 110 valence electrons. The molecule has 2 N–H and O–H groups in total. The summed E-state index contributed by atoms with van der Waals surface area (Å²) in [7, 11) is 0. The van der Waals surface area contributed by atoms with Gasteiger partial charge in [0.2, 0.25) is 5.89 Å². The first-order valence-corrected chi connectivity index (χ1v) is 7.28. The maximum absolute atomic E-state index is 6.22. The fraction of sp³-hybridized carbons (Fsp3) is 0.429. The molecule has 2 heterocycles. The molecule has 4 rings (SSSR count). The van der Waals surface area contributed by atoms with E-state index < -0.39 is 6.04 Å². The molecule has 1 aromatic heterocycles. The Morgan fingerprint density at radius 2 is 2.05 bits per heavy atom. The van der Waals surface area contributed by atoms with Crippen LogP contribution in [0.25, 0.3) is 0 Å². The third kappa shape index (κ3) is 2.34. The lowest BCUT2D eigenvalue weighted by Gasteiger charge is -2.21. The second-order valence-electron chi connectivity index (χ2n) is 5.27. The number of nitrogens with zero attached hydrogens (tertiary/aromatic N) is 2. The number of hydrogen-bond acceptors (Lipinski definition) is 6. The molecule has 1 aromatic carbocycles. The number of hydrogen-bond donors (Lipinski definition) is 1. The molecule has 0 radical (unpaired) electrons. The second kappa shape index (κ2) is 4.89. The molecule has 1 atom stereocenters. The van der Waals surface area contributed by atoms with Crippen LogP contribution in [0.15, 0.2) is 16.7 Å². The van der Waals surface area contributed by atoms with Gasteiger partial charge in [0.15, 0.2) is 17.3 Å². The Morgan fingerprint density at radius 3 is 2.86 bits per heavy atom. The number of fused-ring (bicyclic) bond motifs is 1. The van der Waals surface area contributed by atoms with Crippen molar-refractivity contribution in [1.82, 2.24) is 10.1 Å². The second-order valence-corrected chi connectivity index (χ2v) is 5.68. The van der Waals surface area contributed by atoms with Gasteiger partial charge in [-0.25, -0.2) is 0 Å². The molecule has 1 fully saturated rings. The van der Waals surface area contributed by atoms with E-state index in [2.05, 4.69) is 10.1 Å². The van der Waals surface area contributed by atoms with Crippen LogP contribution in [0.2, 0.25) is 5.02 Å². The van der Waals surface area contributed by atoms with Crippen molar-refractivity contribution >= 4 is 11.6 Å². The van der Waals surface area contributed by atoms with Gasteiger partial charge >= 0.3 is 0 Å². The Labute approximate surface area is 126 Å². The van der Waals surface area contributed by atoms with Crippen molar-refractivity contribution < 1.29 is 14.0 Å². The quantitative estimate of drug-likeness (QED) is 0.937. The zero-order valence-corrected chi connectivity index (χ0v) is 12.0.